The molecule has 0 saturated carbocycles. The molecule has 58 heavy (non-hydrogen) atoms. The fourth-order valence-corrected chi connectivity index (χ4v) is 17.0. The number of nitrogens with zero attached hydrogens (tertiary/aromatic N) is 6. The second-order valence-corrected chi connectivity index (χ2v) is 24.3. The van der Waals surface area contributed by atoms with Crippen molar-refractivity contribution < 1.29 is 19.0 Å². The molecule has 1 N–H and O–H groups in total. The van der Waals surface area contributed by atoms with Gasteiger partial charge in [0.15, 0.2) is 5.82 Å². The van der Waals surface area contributed by atoms with Crippen LogP contribution in [0.4, 0.5) is 15.0 Å². The van der Waals surface area contributed by atoms with Crippen LogP contribution < -0.4 is 9.64 Å². The lowest BCUT2D eigenvalue weighted by atomic mass is 9.86. The fraction of sp³-hybridized carbons (Fsp3) is 0.574. The van der Waals surface area contributed by atoms with Crippen molar-refractivity contribution in [2.24, 2.45) is 11.8 Å². The number of fused-ring (bicyclic) bond motifs is 5. The van der Waals surface area contributed by atoms with E-state index in [2.05, 4.69) is 94.9 Å². The third-order valence-electron chi connectivity index (χ3n) is 14.7. The molecule has 2 bridgehead atoms. The maximum absolute atomic E-state index is 17.6. The molecular weight excluding hydrogens is 744 g/mol. The summed E-state index contributed by atoms with van der Waals surface area (Å²) in [7, 11) is -2.05. The zero-order valence-corrected chi connectivity index (χ0v) is 36.7. The molecule has 11 heteroatoms. The number of hydrogen-bond donors (Lipinski definition) is 1. The quantitative estimate of drug-likeness (QED) is 0.125. The summed E-state index contributed by atoms with van der Waals surface area (Å²) in [6.07, 6.45) is 6.80. The molecule has 8 rings (SSSR count). The molecule has 0 spiro atoms. The van der Waals surface area contributed by atoms with E-state index >= 15 is 4.39 Å². The summed E-state index contributed by atoms with van der Waals surface area (Å²) in [5.41, 5.74) is 7.16. The number of amides is 1. The summed E-state index contributed by atoms with van der Waals surface area (Å²) in [5.74, 6) is 4.93. The normalized spacial score (nSPS) is 24.7. The Morgan fingerprint density at radius 3 is 2.14 bits per heavy atom. The third kappa shape index (κ3) is 6.82. The van der Waals surface area contributed by atoms with Crippen molar-refractivity contribution >= 4 is 41.7 Å². The lowest BCUT2D eigenvalue weighted by Gasteiger charge is -2.40. The summed E-state index contributed by atoms with van der Waals surface area (Å²) in [6.45, 7) is 22.0. The van der Waals surface area contributed by atoms with Crippen molar-refractivity contribution in [1.29, 1.82) is 0 Å². The van der Waals surface area contributed by atoms with E-state index in [9.17, 15) is 9.90 Å². The number of carboxylic acid groups (broad SMARTS) is 1. The molecule has 4 aromatic rings. The van der Waals surface area contributed by atoms with Crippen molar-refractivity contribution in [3.63, 3.8) is 0 Å². The molecule has 4 fully saturated rings. The Bertz CT molecular complexity index is 2210. The predicted octanol–water partition coefficient (Wildman–Crippen LogP) is 10.2. The van der Waals surface area contributed by atoms with Gasteiger partial charge in [0.05, 0.1) is 23.0 Å². The van der Waals surface area contributed by atoms with E-state index in [0.29, 0.717) is 64.9 Å². The van der Waals surface area contributed by atoms with E-state index in [1.54, 1.807) is 11.1 Å². The molecule has 4 saturated heterocycles. The number of piperazine rings is 1. The van der Waals surface area contributed by atoms with Gasteiger partial charge in [0, 0.05) is 48.9 Å². The molecule has 4 aliphatic heterocycles. The van der Waals surface area contributed by atoms with E-state index in [1.165, 1.54) is 0 Å². The summed E-state index contributed by atoms with van der Waals surface area (Å²) >= 11 is 0. The van der Waals surface area contributed by atoms with Crippen molar-refractivity contribution in [1.82, 2.24) is 24.8 Å². The monoisotopic (exact) mass is 804 g/mol. The number of carbonyl (C=O) groups is 1. The van der Waals surface area contributed by atoms with E-state index in [0.717, 1.165) is 68.0 Å². The predicted molar refractivity (Wildman–Crippen MR) is 234 cm³/mol. The molecule has 2 aromatic carbocycles. The molecule has 2 unspecified atom stereocenters. The van der Waals surface area contributed by atoms with E-state index in [4.69, 9.17) is 19.7 Å². The highest BCUT2D eigenvalue weighted by Gasteiger charge is 2.51. The van der Waals surface area contributed by atoms with E-state index in [1.807, 2.05) is 18.2 Å². The molecule has 4 aliphatic rings. The van der Waals surface area contributed by atoms with Gasteiger partial charge in [-0.15, -0.1) is 5.54 Å². The van der Waals surface area contributed by atoms with Gasteiger partial charge >= 0.3 is 12.1 Å². The van der Waals surface area contributed by atoms with Gasteiger partial charge in [0.1, 0.15) is 31.7 Å². The molecule has 4 atom stereocenters. The number of ether oxygens (including phenoxy) is 1. The van der Waals surface area contributed by atoms with Gasteiger partial charge in [-0.05, 0) is 65.6 Å². The van der Waals surface area contributed by atoms with Crippen LogP contribution in [0.25, 0.3) is 32.9 Å². The largest absolute Gasteiger partial charge is 0.465 e. The SMILES string of the molecule is CCC1CN2CC(CC)CC2(COc2nc(N3C[C@H]4CC[C@@H](C3)N4C(=O)O)c3cnc(-c4cccc5cccc(C#C[Si](C(C)C)(C(C)C)C(C)C)c45)c(F)c3n2)C1. The molecule has 9 nitrogen and oxygen atoms in total. The highest BCUT2D eigenvalue weighted by Crippen LogP contribution is 2.47. The first-order chi connectivity index (χ1) is 27.8. The van der Waals surface area contributed by atoms with Gasteiger partial charge < -0.3 is 14.7 Å². The van der Waals surface area contributed by atoms with Crippen LogP contribution in [-0.4, -0.2) is 94.4 Å². The zero-order chi connectivity index (χ0) is 41.1. The minimum Gasteiger partial charge on any atom is -0.465 e. The van der Waals surface area contributed by atoms with E-state index < -0.39 is 20.0 Å². The minimum atomic E-state index is -2.05. The minimum absolute atomic E-state index is 0.0878. The number of rotatable bonds is 10. The summed E-state index contributed by atoms with van der Waals surface area (Å²) in [5, 5.41) is 12.4. The Kier molecular flexibility index (Phi) is 11.0. The lowest BCUT2D eigenvalue weighted by Crippen LogP contribution is -2.55. The second-order valence-electron chi connectivity index (χ2n) is 18.7. The Hall–Kier alpha value is -4.27. The number of hydrogen-bond acceptors (Lipinski definition) is 7. The fourth-order valence-electron chi connectivity index (χ4n) is 11.7. The van der Waals surface area contributed by atoms with Crippen molar-refractivity contribution in [2.75, 3.05) is 37.7 Å². The van der Waals surface area contributed by atoms with Crippen molar-refractivity contribution in [3.8, 4) is 28.7 Å². The second kappa shape index (κ2) is 15.7. The van der Waals surface area contributed by atoms with Crippen LogP contribution in [0.15, 0.2) is 42.6 Å². The Morgan fingerprint density at radius 1 is 0.931 bits per heavy atom. The zero-order valence-electron chi connectivity index (χ0n) is 35.7. The molecule has 6 heterocycles. The number of anilines is 1. The van der Waals surface area contributed by atoms with E-state index in [-0.39, 0.29) is 34.8 Å². The molecule has 2 aromatic heterocycles. The van der Waals surface area contributed by atoms with Crippen LogP contribution in [0, 0.1) is 29.1 Å². The third-order valence-corrected chi connectivity index (χ3v) is 21.0. The topological polar surface area (TPSA) is 94.9 Å². The molecule has 308 valence electrons. The van der Waals surface area contributed by atoms with Crippen LogP contribution in [0.2, 0.25) is 16.6 Å². The molecule has 1 amide bonds. The highest BCUT2D eigenvalue weighted by molar-refractivity contribution is 6.90. The van der Waals surface area contributed by atoms with Crippen LogP contribution in [0.3, 0.4) is 0 Å². The molecular formula is C47H61FN6O3Si. The highest BCUT2D eigenvalue weighted by atomic mass is 28.3. The number of halogens is 1. The first-order valence-electron chi connectivity index (χ1n) is 21.9. The number of benzene rings is 2. The Morgan fingerprint density at radius 2 is 1.55 bits per heavy atom. The molecule has 0 aliphatic carbocycles. The van der Waals surface area contributed by atoms with Crippen molar-refractivity contribution in [3.05, 3.63) is 54.0 Å². The summed E-state index contributed by atoms with van der Waals surface area (Å²) < 4.78 is 24.2. The average molecular weight is 805 g/mol. The van der Waals surface area contributed by atoms with Gasteiger partial charge in [0.2, 0.25) is 0 Å². The standard InChI is InChI=1S/C47H61FN6O3Si/c1-9-32-21-47(22-33(10-2)25-53(47)24-32)28-57-45-50-43-39(44(51-45)52-26-36-17-18-37(27-52)54(36)46(55)56)23-49-42(41(43)48)38-16-12-15-34-13-11-14-35(40(34)38)19-20-58(29(3)4,30(5)6)31(7)8/h11-16,23,29-33,36-37H,9-10,17-18,21-22,24-28H2,1-8H3,(H,55,56)/t32?,33?,36-,37+,47?. The van der Waals surface area contributed by atoms with Crippen LogP contribution in [0.1, 0.15) is 99.5 Å². The average Bonchev–Trinajstić information content (AvgIpc) is 3.82. The number of pyridine rings is 1. The first kappa shape index (κ1) is 40.5. The summed E-state index contributed by atoms with van der Waals surface area (Å²) in [4.78, 5) is 33.3. The van der Waals surface area contributed by atoms with Crippen LogP contribution in [-0.2, 0) is 0 Å². The van der Waals surface area contributed by atoms with Gasteiger partial charge in [0.25, 0.3) is 0 Å². The van der Waals surface area contributed by atoms with Crippen LogP contribution >= 0.6 is 0 Å². The Labute approximate surface area is 344 Å². The Balaban J connectivity index is 1.25. The van der Waals surface area contributed by atoms with Gasteiger partial charge in [-0.1, -0.05) is 104 Å². The maximum Gasteiger partial charge on any atom is 0.407 e. The van der Waals surface area contributed by atoms with Crippen LogP contribution in [0.5, 0.6) is 6.01 Å². The van der Waals surface area contributed by atoms with Gasteiger partial charge in [-0.2, -0.15) is 9.97 Å². The maximum atomic E-state index is 17.6. The molecule has 0 radical (unpaired) electrons. The van der Waals surface area contributed by atoms with Crippen molar-refractivity contribution in [2.45, 2.75) is 128 Å². The first-order valence-corrected chi connectivity index (χ1v) is 24.1. The van der Waals surface area contributed by atoms with Gasteiger partial charge in [-0.3, -0.25) is 14.8 Å². The summed E-state index contributed by atoms with van der Waals surface area (Å²) in [6, 6.07) is 11.9. The smallest absolute Gasteiger partial charge is 0.407 e. The lowest BCUT2D eigenvalue weighted by molar-refractivity contribution is 0.107. The number of aromatic nitrogens is 3. The van der Waals surface area contributed by atoms with Gasteiger partial charge in [-0.25, -0.2) is 9.18 Å².